The van der Waals surface area contributed by atoms with Gasteiger partial charge in [-0.1, -0.05) is 0 Å². The van der Waals surface area contributed by atoms with Gasteiger partial charge in [0.15, 0.2) is 0 Å². The first-order chi connectivity index (χ1) is 9.65. The molecule has 0 radical (unpaired) electrons. The van der Waals surface area contributed by atoms with Gasteiger partial charge in [0, 0.05) is 24.9 Å². The van der Waals surface area contributed by atoms with E-state index < -0.39 is 5.97 Å². The summed E-state index contributed by atoms with van der Waals surface area (Å²) in [6.45, 7) is 0.512. The molecular formula is C13H17N3O3S. The van der Waals surface area contributed by atoms with E-state index in [4.69, 9.17) is 5.11 Å². The molecule has 108 valence electrons. The first-order valence-corrected chi connectivity index (χ1v) is 7.67. The highest BCUT2D eigenvalue weighted by molar-refractivity contribution is 8.00. The second-order valence-electron chi connectivity index (χ2n) is 4.71. The Morgan fingerprint density at radius 3 is 2.60 bits per heavy atom. The van der Waals surface area contributed by atoms with Crippen molar-refractivity contribution in [3.63, 3.8) is 0 Å². The highest BCUT2D eigenvalue weighted by atomic mass is 32.2. The van der Waals surface area contributed by atoms with Crippen LogP contribution in [-0.2, 0) is 16.0 Å². The van der Waals surface area contributed by atoms with Crippen molar-refractivity contribution >= 4 is 23.6 Å². The maximum Gasteiger partial charge on any atom is 0.313 e. The number of aromatic nitrogens is 2. The molecule has 20 heavy (non-hydrogen) atoms. The van der Waals surface area contributed by atoms with E-state index in [9.17, 15) is 9.59 Å². The van der Waals surface area contributed by atoms with Gasteiger partial charge in [-0.25, -0.2) is 9.97 Å². The van der Waals surface area contributed by atoms with Crippen LogP contribution in [0.1, 0.15) is 30.1 Å². The summed E-state index contributed by atoms with van der Waals surface area (Å²) in [7, 11) is 0. The monoisotopic (exact) mass is 295 g/mol. The SMILES string of the molecule is O=C(O)CSCC(=O)NCCc1cnc(C2CC2)nc1. The Bertz CT molecular complexity index is 474. The molecule has 0 aliphatic heterocycles. The van der Waals surface area contributed by atoms with Crippen LogP contribution in [0.15, 0.2) is 12.4 Å². The number of amides is 1. The quantitative estimate of drug-likeness (QED) is 0.738. The fourth-order valence-electron chi connectivity index (χ4n) is 1.67. The molecule has 0 aromatic carbocycles. The van der Waals surface area contributed by atoms with E-state index in [-0.39, 0.29) is 17.4 Å². The lowest BCUT2D eigenvalue weighted by Gasteiger charge is -2.05. The predicted molar refractivity (Wildman–Crippen MR) is 75.7 cm³/mol. The van der Waals surface area contributed by atoms with Crippen LogP contribution in [0, 0.1) is 0 Å². The van der Waals surface area contributed by atoms with Crippen molar-refractivity contribution in [2.75, 3.05) is 18.1 Å². The summed E-state index contributed by atoms with van der Waals surface area (Å²) in [6.07, 6.45) is 6.67. The molecule has 1 aromatic heterocycles. The highest BCUT2D eigenvalue weighted by Crippen LogP contribution is 2.37. The summed E-state index contributed by atoms with van der Waals surface area (Å²) in [5.74, 6) is 0.535. The number of nitrogens with one attached hydrogen (secondary N) is 1. The van der Waals surface area contributed by atoms with Gasteiger partial charge in [-0.2, -0.15) is 0 Å². The molecule has 0 saturated heterocycles. The van der Waals surface area contributed by atoms with Crippen LogP contribution < -0.4 is 5.32 Å². The molecular weight excluding hydrogens is 278 g/mol. The fourth-order valence-corrected chi connectivity index (χ4v) is 2.24. The number of hydrogen-bond acceptors (Lipinski definition) is 5. The molecule has 2 rings (SSSR count). The first kappa shape index (κ1) is 14.8. The van der Waals surface area contributed by atoms with Crippen molar-refractivity contribution in [1.29, 1.82) is 0 Å². The van der Waals surface area contributed by atoms with Crippen molar-refractivity contribution in [3.8, 4) is 0 Å². The lowest BCUT2D eigenvalue weighted by atomic mass is 10.2. The third-order valence-corrected chi connectivity index (χ3v) is 3.78. The summed E-state index contributed by atoms with van der Waals surface area (Å²) >= 11 is 1.09. The maximum atomic E-state index is 11.4. The van der Waals surface area contributed by atoms with Gasteiger partial charge < -0.3 is 10.4 Å². The van der Waals surface area contributed by atoms with Gasteiger partial charge in [-0.15, -0.1) is 11.8 Å². The molecule has 1 saturated carbocycles. The maximum absolute atomic E-state index is 11.4. The highest BCUT2D eigenvalue weighted by Gasteiger charge is 2.25. The van der Waals surface area contributed by atoms with E-state index in [1.54, 1.807) is 0 Å². The zero-order chi connectivity index (χ0) is 14.4. The van der Waals surface area contributed by atoms with Gasteiger partial charge in [0.2, 0.25) is 5.91 Å². The molecule has 1 heterocycles. The standard InChI is InChI=1S/C13H17N3O3S/c17-11(7-20-8-12(18)19)14-4-3-9-5-15-13(16-6-9)10-1-2-10/h5-6,10H,1-4,7-8H2,(H,14,17)(H,18,19). The Kier molecular flexibility index (Phi) is 5.34. The Balaban J connectivity index is 1.62. The molecule has 7 heteroatoms. The van der Waals surface area contributed by atoms with Crippen LogP contribution in [0.25, 0.3) is 0 Å². The number of hydrogen-bond donors (Lipinski definition) is 2. The summed E-state index contributed by atoms with van der Waals surface area (Å²) < 4.78 is 0. The van der Waals surface area contributed by atoms with Gasteiger partial charge in [0.25, 0.3) is 0 Å². The number of carbonyl (C=O) groups excluding carboxylic acids is 1. The number of nitrogens with zero attached hydrogens (tertiary/aromatic N) is 2. The minimum Gasteiger partial charge on any atom is -0.481 e. The van der Waals surface area contributed by atoms with Crippen molar-refractivity contribution in [1.82, 2.24) is 15.3 Å². The summed E-state index contributed by atoms with van der Waals surface area (Å²) in [4.78, 5) is 30.3. The molecule has 1 fully saturated rings. The van der Waals surface area contributed by atoms with E-state index in [2.05, 4.69) is 15.3 Å². The largest absolute Gasteiger partial charge is 0.481 e. The molecule has 0 bridgehead atoms. The van der Waals surface area contributed by atoms with Crippen LogP contribution in [0.2, 0.25) is 0 Å². The van der Waals surface area contributed by atoms with Crippen LogP contribution in [-0.4, -0.2) is 45.0 Å². The molecule has 1 aliphatic carbocycles. The van der Waals surface area contributed by atoms with Gasteiger partial charge in [-0.3, -0.25) is 9.59 Å². The minimum atomic E-state index is -0.907. The Morgan fingerprint density at radius 2 is 2.00 bits per heavy atom. The van der Waals surface area contributed by atoms with E-state index >= 15 is 0 Å². The molecule has 0 atom stereocenters. The van der Waals surface area contributed by atoms with Crippen molar-refractivity contribution in [3.05, 3.63) is 23.8 Å². The molecule has 0 spiro atoms. The Morgan fingerprint density at radius 1 is 1.30 bits per heavy atom. The number of thioether (sulfide) groups is 1. The summed E-state index contributed by atoms with van der Waals surface area (Å²) in [6, 6.07) is 0. The van der Waals surface area contributed by atoms with Crippen molar-refractivity contribution in [2.24, 2.45) is 0 Å². The second kappa shape index (κ2) is 7.23. The van der Waals surface area contributed by atoms with Crippen LogP contribution in [0.3, 0.4) is 0 Å². The van der Waals surface area contributed by atoms with Crippen LogP contribution in [0.5, 0.6) is 0 Å². The van der Waals surface area contributed by atoms with Gasteiger partial charge in [-0.05, 0) is 24.8 Å². The topological polar surface area (TPSA) is 92.2 Å². The minimum absolute atomic E-state index is 0.0517. The Hall–Kier alpha value is -1.63. The lowest BCUT2D eigenvalue weighted by molar-refractivity contribution is -0.133. The van der Waals surface area contributed by atoms with Crippen molar-refractivity contribution < 1.29 is 14.7 Å². The summed E-state index contributed by atoms with van der Waals surface area (Å²) in [5, 5.41) is 11.2. The van der Waals surface area contributed by atoms with Gasteiger partial charge in [0.05, 0.1) is 11.5 Å². The van der Waals surface area contributed by atoms with Crippen LogP contribution in [0.4, 0.5) is 0 Å². The van der Waals surface area contributed by atoms with E-state index in [0.717, 1.165) is 23.1 Å². The van der Waals surface area contributed by atoms with Crippen LogP contribution >= 0.6 is 11.8 Å². The number of aliphatic carboxylic acids is 1. The predicted octanol–water partition coefficient (Wildman–Crippen LogP) is 0.830. The normalized spacial score (nSPS) is 14.0. The Labute approximate surface area is 121 Å². The number of carbonyl (C=O) groups is 2. The summed E-state index contributed by atoms with van der Waals surface area (Å²) in [5.41, 5.74) is 0.993. The van der Waals surface area contributed by atoms with E-state index in [1.165, 1.54) is 12.8 Å². The molecule has 1 aromatic rings. The third-order valence-electron chi connectivity index (χ3n) is 2.86. The first-order valence-electron chi connectivity index (χ1n) is 6.52. The second-order valence-corrected chi connectivity index (χ2v) is 5.70. The van der Waals surface area contributed by atoms with E-state index in [1.807, 2.05) is 12.4 Å². The van der Waals surface area contributed by atoms with Gasteiger partial charge in [0.1, 0.15) is 5.82 Å². The zero-order valence-corrected chi connectivity index (χ0v) is 11.9. The van der Waals surface area contributed by atoms with Gasteiger partial charge >= 0.3 is 5.97 Å². The zero-order valence-electron chi connectivity index (χ0n) is 11.0. The number of carboxylic acids is 1. The molecule has 1 amide bonds. The average molecular weight is 295 g/mol. The van der Waals surface area contributed by atoms with E-state index in [0.29, 0.717) is 18.9 Å². The molecule has 1 aliphatic rings. The third kappa shape index (κ3) is 5.16. The molecule has 6 nitrogen and oxygen atoms in total. The number of carboxylic acid groups (broad SMARTS) is 1. The van der Waals surface area contributed by atoms with Crippen molar-refractivity contribution in [2.45, 2.75) is 25.2 Å². The molecule has 0 unspecified atom stereocenters. The average Bonchev–Trinajstić information content (AvgIpc) is 3.23. The number of rotatable bonds is 8. The molecule has 2 N–H and O–H groups in total. The smallest absolute Gasteiger partial charge is 0.313 e. The lowest BCUT2D eigenvalue weighted by Crippen LogP contribution is -2.27. The fraction of sp³-hybridized carbons (Fsp3) is 0.538.